The third-order valence-corrected chi connectivity index (χ3v) is 3.55. The van der Waals surface area contributed by atoms with Crippen LogP contribution in [0.15, 0.2) is 48.5 Å². The second kappa shape index (κ2) is 9.33. The zero-order valence-electron chi connectivity index (χ0n) is 15.2. The number of anilines is 1. The van der Waals surface area contributed by atoms with Crippen molar-refractivity contribution in [3.63, 3.8) is 0 Å². The van der Waals surface area contributed by atoms with Crippen LogP contribution in [-0.2, 0) is 0 Å². The lowest BCUT2D eigenvalue weighted by Crippen LogP contribution is -2.40. The van der Waals surface area contributed by atoms with Gasteiger partial charge in [-0.25, -0.2) is 4.79 Å². The largest absolute Gasteiger partial charge is 0.490 e. The van der Waals surface area contributed by atoms with E-state index in [0.717, 1.165) is 5.69 Å². The molecule has 2 aromatic rings. The Morgan fingerprint density at radius 1 is 1.04 bits per heavy atom. The molecule has 0 unspecified atom stereocenters. The van der Waals surface area contributed by atoms with Crippen LogP contribution in [0.3, 0.4) is 0 Å². The lowest BCUT2D eigenvalue weighted by atomic mass is 10.2. The van der Waals surface area contributed by atoms with Crippen LogP contribution < -0.4 is 19.7 Å². The van der Waals surface area contributed by atoms with Gasteiger partial charge in [0.05, 0.1) is 11.6 Å². The summed E-state index contributed by atoms with van der Waals surface area (Å²) in [7, 11) is 1.72. The van der Waals surface area contributed by atoms with Crippen LogP contribution >= 0.6 is 0 Å². The topological polar surface area (TPSA) is 74.6 Å². The molecule has 0 saturated carbocycles. The number of nitrogens with one attached hydrogen (secondary N) is 1. The molecule has 136 valence electrons. The lowest BCUT2D eigenvalue weighted by molar-refractivity contribution is 0.217. The molecule has 2 aromatic carbocycles. The zero-order valence-corrected chi connectivity index (χ0v) is 15.2. The van der Waals surface area contributed by atoms with Crippen molar-refractivity contribution in [2.24, 2.45) is 0 Å². The summed E-state index contributed by atoms with van der Waals surface area (Å²) in [4.78, 5) is 13.5. The molecule has 2 amide bonds. The number of hydrogen-bond donors (Lipinski definition) is 1. The molecule has 0 heterocycles. The van der Waals surface area contributed by atoms with Crippen molar-refractivity contribution in [2.75, 3.05) is 25.2 Å². The second-order valence-electron chi connectivity index (χ2n) is 5.99. The fourth-order valence-electron chi connectivity index (χ4n) is 2.17. The van der Waals surface area contributed by atoms with E-state index in [-0.39, 0.29) is 12.1 Å². The second-order valence-corrected chi connectivity index (χ2v) is 5.99. The number of ether oxygens (including phenoxy) is 2. The Balaban J connectivity index is 1.78. The van der Waals surface area contributed by atoms with Crippen LogP contribution in [0.1, 0.15) is 19.4 Å². The van der Waals surface area contributed by atoms with Gasteiger partial charge in [-0.3, -0.25) is 4.90 Å². The smallest absolute Gasteiger partial charge is 0.321 e. The Bertz CT molecular complexity index is 749. The molecular formula is C20H23N3O3. The number of amides is 2. The van der Waals surface area contributed by atoms with Gasteiger partial charge >= 0.3 is 6.03 Å². The predicted octanol–water partition coefficient (Wildman–Crippen LogP) is 3.57. The molecule has 6 heteroatoms. The Morgan fingerprint density at radius 3 is 2.00 bits per heavy atom. The van der Waals surface area contributed by atoms with Crippen molar-refractivity contribution >= 4 is 11.7 Å². The molecule has 2 rings (SSSR count). The number of rotatable bonds is 7. The Morgan fingerprint density at radius 2 is 1.54 bits per heavy atom. The summed E-state index contributed by atoms with van der Waals surface area (Å²) in [5.41, 5.74) is 1.38. The van der Waals surface area contributed by atoms with E-state index < -0.39 is 0 Å². The fraction of sp³-hybridized carbons (Fsp3) is 0.300. The first-order valence-electron chi connectivity index (χ1n) is 8.39. The van der Waals surface area contributed by atoms with E-state index in [9.17, 15) is 4.79 Å². The van der Waals surface area contributed by atoms with E-state index in [1.54, 1.807) is 36.2 Å². The van der Waals surface area contributed by atoms with Gasteiger partial charge in [-0.1, -0.05) is 0 Å². The van der Waals surface area contributed by atoms with E-state index >= 15 is 0 Å². The summed E-state index contributed by atoms with van der Waals surface area (Å²) in [5, 5.41) is 11.6. The van der Waals surface area contributed by atoms with Crippen molar-refractivity contribution in [3.05, 3.63) is 54.1 Å². The monoisotopic (exact) mass is 353 g/mol. The molecule has 0 spiro atoms. The highest BCUT2D eigenvalue weighted by Crippen LogP contribution is 2.19. The molecule has 0 aliphatic carbocycles. The minimum Gasteiger partial charge on any atom is -0.490 e. The lowest BCUT2D eigenvalue weighted by Gasteiger charge is -2.20. The highest BCUT2D eigenvalue weighted by molar-refractivity contribution is 5.91. The van der Waals surface area contributed by atoms with Crippen molar-refractivity contribution in [1.82, 2.24) is 5.32 Å². The zero-order chi connectivity index (χ0) is 18.9. The number of carbonyl (C=O) groups excluding carboxylic acids is 1. The molecular weight excluding hydrogens is 330 g/mol. The van der Waals surface area contributed by atoms with Crippen molar-refractivity contribution in [3.8, 4) is 17.6 Å². The molecule has 6 nitrogen and oxygen atoms in total. The molecule has 0 atom stereocenters. The first-order valence-corrected chi connectivity index (χ1v) is 8.39. The van der Waals surface area contributed by atoms with Gasteiger partial charge in [0.1, 0.15) is 24.7 Å². The van der Waals surface area contributed by atoms with Gasteiger partial charge in [-0.15, -0.1) is 0 Å². The van der Waals surface area contributed by atoms with E-state index in [4.69, 9.17) is 14.7 Å². The van der Waals surface area contributed by atoms with Crippen LogP contribution in [0, 0.1) is 11.3 Å². The SMILES string of the molecule is CC(C)NC(=O)N(C)c1ccc(OCCOc2ccc(C#N)cc2)cc1. The highest BCUT2D eigenvalue weighted by Gasteiger charge is 2.11. The number of nitriles is 1. The third kappa shape index (κ3) is 5.71. The molecule has 0 aliphatic rings. The van der Waals surface area contributed by atoms with Gasteiger partial charge in [0, 0.05) is 18.8 Å². The fourth-order valence-corrected chi connectivity index (χ4v) is 2.17. The standard InChI is InChI=1S/C20H23N3O3/c1-15(2)22-20(24)23(3)17-6-10-19(11-7-17)26-13-12-25-18-8-4-16(14-21)5-9-18/h4-11,15H,12-13H2,1-3H3,(H,22,24). The van der Waals surface area contributed by atoms with Crippen LogP contribution in [0.2, 0.25) is 0 Å². The van der Waals surface area contributed by atoms with E-state index in [0.29, 0.717) is 30.3 Å². The molecule has 0 bridgehead atoms. The van der Waals surface area contributed by atoms with Gasteiger partial charge in [-0.05, 0) is 62.4 Å². The summed E-state index contributed by atoms with van der Waals surface area (Å²) in [6.45, 7) is 4.62. The molecule has 0 saturated heterocycles. The first kappa shape index (κ1) is 19.1. The van der Waals surface area contributed by atoms with Gasteiger partial charge in [0.2, 0.25) is 0 Å². The summed E-state index contributed by atoms with van der Waals surface area (Å²) in [5.74, 6) is 1.40. The van der Waals surface area contributed by atoms with Gasteiger partial charge in [0.25, 0.3) is 0 Å². The number of benzene rings is 2. The maximum absolute atomic E-state index is 12.0. The van der Waals surface area contributed by atoms with Crippen LogP contribution in [-0.4, -0.2) is 32.3 Å². The van der Waals surface area contributed by atoms with Gasteiger partial charge < -0.3 is 14.8 Å². The normalized spacial score (nSPS) is 10.1. The number of urea groups is 1. The average molecular weight is 353 g/mol. The molecule has 0 aromatic heterocycles. The summed E-state index contributed by atoms with van der Waals surface area (Å²) in [6, 6.07) is 16.2. The van der Waals surface area contributed by atoms with E-state index in [2.05, 4.69) is 11.4 Å². The molecule has 0 radical (unpaired) electrons. The Hall–Kier alpha value is -3.20. The number of hydrogen-bond acceptors (Lipinski definition) is 4. The van der Waals surface area contributed by atoms with Gasteiger partial charge in [-0.2, -0.15) is 5.26 Å². The van der Waals surface area contributed by atoms with Crippen LogP contribution in [0.4, 0.5) is 10.5 Å². The molecule has 26 heavy (non-hydrogen) atoms. The number of carbonyl (C=O) groups is 1. The summed E-state index contributed by atoms with van der Waals surface area (Å²) >= 11 is 0. The summed E-state index contributed by atoms with van der Waals surface area (Å²) in [6.07, 6.45) is 0. The molecule has 0 fully saturated rings. The van der Waals surface area contributed by atoms with Crippen molar-refractivity contribution in [1.29, 1.82) is 5.26 Å². The third-order valence-electron chi connectivity index (χ3n) is 3.55. The maximum atomic E-state index is 12.0. The number of nitrogens with zero attached hydrogens (tertiary/aromatic N) is 2. The predicted molar refractivity (Wildman–Crippen MR) is 101 cm³/mol. The van der Waals surface area contributed by atoms with E-state index in [1.807, 2.05) is 38.1 Å². The molecule has 0 aliphatic heterocycles. The average Bonchev–Trinajstić information content (AvgIpc) is 2.65. The van der Waals surface area contributed by atoms with Crippen LogP contribution in [0.25, 0.3) is 0 Å². The van der Waals surface area contributed by atoms with Crippen LogP contribution in [0.5, 0.6) is 11.5 Å². The van der Waals surface area contributed by atoms with Crippen molar-refractivity contribution < 1.29 is 14.3 Å². The summed E-state index contributed by atoms with van der Waals surface area (Å²) < 4.78 is 11.2. The molecule has 1 N–H and O–H groups in total. The van der Waals surface area contributed by atoms with E-state index in [1.165, 1.54) is 0 Å². The highest BCUT2D eigenvalue weighted by atomic mass is 16.5. The van der Waals surface area contributed by atoms with Gasteiger partial charge in [0.15, 0.2) is 0 Å². The Labute approximate surface area is 153 Å². The first-order chi connectivity index (χ1) is 12.5. The van der Waals surface area contributed by atoms with Crippen molar-refractivity contribution in [2.45, 2.75) is 19.9 Å². The quantitative estimate of drug-likeness (QED) is 0.772. The minimum absolute atomic E-state index is 0.0867. The Kier molecular flexibility index (Phi) is 6.86. The maximum Gasteiger partial charge on any atom is 0.321 e. The minimum atomic E-state index is -0.149.